The van der Waals surface area contributed by atoms with E-state index in [1.54, 1.807) is 13.0 Å². The first-order chi connectivity index (χ1) is 6.45. The average Bonchev–Trinajstić information content (AvgIpc) is 2.48. The molecule has 0 spiro atoms. The predicted molar refractivity (Wildman–Crippen MR) is 52.3 cm³/mol. The third-order valence-electron chi connectivity index (χ3n) is 1.40. The van der Waals surface area contributed by atoms with E-state index in [9.17, 15) is 8.42 Å². The fourth-order valence-corrected chi connectivity index (χ4v) is 2.18. The van der Waals surface area contributed by atoms with Crippen LogP contribution in [0.5, 0.6) is 0 Å². The van der Waals surface area contributed by atoms with Crippen LogP contribution in [0.15, 0.2) is 0 Å². The number of hydrogen-bond donors (Lipinski definition) is 1. The maximum atomic E-state index is 11.3. The van der Waals surface area contributed by atoms with Crippen LogP contribution in [-0.4, -0.2) is 23.9 Å². The van der Waals surface area contributed by atoms with Crippen molar-refractivity contribution in [2.24, 2.45) is 0 Å². The maximum absolute atomic E-state index is 11.3. The molecule has 0 aliphatic rings. The van der Waals surface area contributed by atoms with Gasteiger partial charge in [0.25, 0.3) is 10.0 Å². The lowest BCUT2D eigenvalue weighted by Gasteiger charge is -2.04. The third-order valence-corrected chi connectivity index (χ3v) is 3.80. The number of hydrogen-bond acceptors (Lipinski definition) is 6. The fourth-order valence-electron chi connectivity index (χ4n) is 0.617. The summed E-state index contributed by atoms with van der Waals surface area (Å²) in [7, 11) is -3.65. The molecule has 0 fully saturated rings. The van der Waals surface area contributed by atoms with Crippen LogP contribution in [0.25, 0.3) is 0 Å². The summed E-state index contributed by atoms with van der Waals surface area (Å²) in [6, 6.07) is 1.64. The Morgan fingerprint density at radius 1 is 1.57 bits per heavy atom. The minimum atomic E-state index is -3.65. The molecule has 0 aliphatic heterocycles. The largest absolute Gasteiger partial charge is 0.256 e. The SMILES string of the molecule is Cc1nnc(NS(=O)(=O)C(C)C#N)s1. The first-order valence-electron chi connectivity index (χ1n) is 3.67. The molecule has 14 heavy (non-hydrogen) atoms. The van der Waals surface area contributed by atoms with Gasteiger partial charge in [0.2, 0.25) is 5.13 Å². The molecule has 0 saturated carbocycles. The van der Waals surface area contributed by atoms with Gasteiger partial charge in [0.05, 0.1) is 6.07 Å². The van der Waals surface area contributed by atoms with Gasteiger partial charge in [-0.25, -0.2) is 8.42 Å². The number of aromatic nitrogens is 2. The normalized spacial score (nSPS) is 13.2. The number of rotatable bonds is 3. The zero-order valence-corrected chi connectivity index (χ0v) is 9.18. The van der Waals surface area contributed by atoms with Crippen molar-refractivity contribution in [3.63, 3.8) is 0 Å². The summed E-state index contributed by atoms with van der Waals surface area (Å²) in [5.41, 5.74) is 0. The molecular weight excluding hydrogens is 224 g/mol. The van der Waals surface area contributed by atoms with Crippen LogP contribution in [0.1, 0.15) is 11.9 Å². The van der Waals surface area contributed by atoms with Gasteiger partial charge in [0.15, 0.2) is 5.25 Å². The molecule has 76 valence electrons. The zero-order chi connectivity index (χ0) is 10.8. The number of aryl methyl sites for hydroxylation is 1. The Kier molecular flexibility index (Phi) is 3.03. The molecule has 0 radical (unpaired) electrons. The quantitative estimate of drug-likeness (QED) is 0.818. The van der Waals surface area contributed by atoms with Gasteiger partial charge in [-0.3, -0.25) is 4.72 Å². The van der Waals surface area contributed by atoms with Crippen molar-refractivity contribution in [1.82, 2.24) is 10.2 Å². The second-order valence-corrected chi connectivity index (χ2v) is 5.73. The Morgan fingerprint density at radius 3 is 2.64 bits per heavy atom. The van der Waals surface area contributed by atoms with Crippen LogP contribution in [0, 0.1) is 18.3 Å². The van der Waals surface area contributed by atoms with Crippen molar-refractivity contribution in [3.05, 3.63) is 5.01 Å². The Hall–Kier alpha value is -1.20. The Morgan fingerprint density at radius 2 is 2.21 bits per heavy atom. The summed E-state index contributed by atoms with van der Waals surface area (Å²) in [5.74, 6) is 0. The smallest absolute Gasteiger partial charge is 0.250 e. The van der Waals surface area contributed by atoms with E-state index in [4.69, 9.17) is 5.26 Å². The molecule has 1 aromatic heterocycles. The highest BCUT2D eigenvalue weighted by Crippen LogP contribution is 2.16. The first-order valence-corrected chi connectivity index (χ1v) is 6.03. The summed E-state index contributed by atoms with van der Waals surface area (Å²) >= 11 is 1.12. The number of sulfonamides is 1. The van der Waals surface area contributed by atoms with Crippen molar-refractivity contribution in [2.45, 2.75) is 19.1 Å². The Labute approximate surface area is 85.6 Å². The summed E-state index contributed by atoms with van der Waals surface area (Å²) < 4.78 is 24.9. The molecule has 0 saturated heterocycles. The van der Waals surface area contributed by atoms with E-state index in [0.29, 0.717) is 5.01 Å². The summed E-state index contributed by atoms with van der Waals surface area (Å²) in [6.07, 6.45) is 0. The van der Waals surface area contributed by atoms with Crippen molar-refractivity contribution >= 4 is 26.5 Å². The second kappa shape index (κ2) is 3.89. The van der Waals surface area contributed by atoms with E-state index in [1.165, 1.54) is 6.92 Å². The molecule has 0 aliphatic carbocycles. The summed E-state index contributed by atoms with van der Waals surface area (Å²) in [5, 5.41) is 15.4. The van der Waals surface area contributed by atoms with Gasteiger partial charge in [0.1, 0.15) is 5.01 Å². The van der Waals surface area contributed by atoms with Gasteiger partial charge in [-0.05, 0) is 13.8 Å². The van der Waals surface area contributed by atoms with Crippen LogP contribution < -0.4 is 4.72 Å². The predicted octanol–water partition coefficient (Wildman–Crippen LogP) is 0.500. The van der Waals surface area contributed by atoms with E-state index in [1.807, 2.05) is 0 Å². The van der Waals surface area contributed by atoms with Gasteiger partial charge in [-0.2, -0.15) is 5.26 Å². The second-order valence-electron chi connectivity index (χ2n) is 2.54. The van der Waals surface area contributed by atoms with Gasteiger partial charge < -0.3 is 0 Å². The maximum Gasteiger partial charge on any atom is 0.250 e. The average molecular weight is 232 g/mol. The van der Waals surface area contributed by atoms with Gasteiger partial charge >= 0.3 is 0 Å². The van der Waals surface area contributed by atoms with Crippen LogP contribution in [-0.2, 0) is 10.0 Å². The Balaban J connectivity index is 2.85. The molecule has 6 nitrogen and oxygen atoms in total. The molecular formula is C6H8N4O2S2. The van der Waals surface area contributed by atoms with E-state index in [0.717, 1.165) is 11.3 Å². The first kappa shape index (κ1) is 10.9. The van der Waals surface area contributed by atoms with Gasteiger partial charge in [-0.1, -0.05) is 11.3 Å². The topological polar surface area (TPSA) is 95.7 Å². The van der Waals surface area contributed by atoms with Crippen molar-refractivity contribution in [2.75, 3.05) is 4.72 Å². The van der Waals surface area contributed by atoms with Crippen molar-refractivity contribution in [1.29, 1.82) is 5.26 Å². The monoisotopic (exact) mass is 232 g/mol. The van der Waals surface area contributed by atoms with E-state index in [2.05, 4.69) is 14.9 Å². The molecule has 1 aromatic rings. The number of anilines is 1. The Bertz CT molecular complexity index is 458. The van der Waals surface area contributed by atoms with E-state index in [-0.39, 0.29) is 5.13 Å². The summed E-state index contributed by atoms with van der Waals surface area (Å²) in [6.45, 7) is 3.01. The minimum absolute atomic E-state index is 0.185. The zero-order valence-electron chi connectivity index (χ0n) is 7.55. The third kappa shape index (κ3) is 2.40. The number of nitrogens with zero attached hydrogens (tertiary/aromatic N) is 3. The molecule has 0 bridgehead atoms. The molecule has 0 aromatic carbocycles. The van der Waals surface area contributed by atoms with Crippen LogP contribution in [0.4, 0.5) is 5.13 Å². The molecule has 8 heteroatoms. The highest BCUT2D eigenvalue weighted by atomic mass is 32.2. The number of nitrogens with one attached hydrogen (secondary N) is 1. The van der Waals surface area contributed by atoms with E-state index < -0.39 is 15.3 Å². The highest BCUT2D eigenvalue weighted by Gasteiger charge is 2.21. The lowest BCUT2D eigenvalue weighted by molar-refractivity contribution is 0.597. The van der Waals surface area contributed by atoms with Crippen LogP contribution >= 0.6 is 11.3 Å². The molecule has 1 atom stereocenters. The highest BCUT2D eigenvalue weighted by molar-refractivity contribution is 7.93. The lowest BCUT2D eigenvalue weighted by atomic mass is 10.5. The molecule has 1 rings (SSSR count). The molecule has 1 N–H and O–H groups in total. The van der Waals surface area contributed by atoms with Gasteiger partial charge in [0, 0.05) is 0 Å². The van der Waals surface area contributed by atoms with Crippen molar-refractivity contribution < 1.29 is 8.42 Å². The van der Waals surface area contributed by atoms with Gasteiger partial charge in [-0.15, -0.1) is 10.2 Å². The standard InChI is InChI=1S/C6H8N4O2S2/c1-4(3-7)14(11,12)10-6-9-8-5(2)13-6/h4H,1-2H3,(H,9,10). The minimum Gasteiger partial charge on any atom is -0.256 e. The molecule has 1 heterocycles. The van der Waals surface area contributed by atoms with Crippen LogP contribution in [0.2, 0.25) is 0 Å². The lowest BCUT2D eigenvalue weighted by Crippen LogP contribution is -2.23. The molecule has 1 unspecified atom stereocenters. The summed E-state index contributed by atoms with van der Waals surface area (Å²) in [4.78, 5) is 0. The fraction of sp³-hybridized carbons (Fsp3) is 0.500. The van der Waals surface area contributed by atoms with E-state index >= 15 is 0 Å². The van der Waals surface area contributed by atoms with Crippen LogP contribution in [0.3, 0.4) is 0 Å². The number of nitriles is 1. The van der Waals surface area contributed by atoms with Crippen molar-refractivity contribution in [3.8, 4) is 6.07 Å². The molecule has 0 amide bonds.